The Morgan fingerprint density at radius 2 is 1.92 bits per heavy atom. The summed E-state index contributed by atoms with van der Waals surface area (Å²) in [5.41, 5.74) is 0.805. The Labute approximate surface area is 144 Å². The summed E-state index contributed by atoms with van der Waals surface area (Å²) in [5.74, 6) is 2.14. The number of likely N-dealkylation sites (tertiary alicyclic amines) is 1. The Bertz CT molecular complexity index is 570. The van der Waals surface area contributed by atoms with Gasteiger partial charge in [-0.15, -0.1) is 0 Å². The van der Waals surface area contributed by atoms with Crippen LogP contribution in [0.25, 0.3) is 0 Å². The van der Waals surface area contributed by atoms with E-state index in [1.807, 2.05) is 11.1 Å². The maximum absolute atomic E-state index is 12.9. The van der Waals surface area contributed by atoms with Crippen molar-refractivity contribution in [3.05, 3.63) is 17.7 Å². The summed E-state index contributed by atoms with van der Waals surface area (Å²) >= 11 is 0. The molecule has 4 rings (SSSR count). The lowest BCUT2D eigenvalue weighted by atomic mass is 10.0. The highest BCUT2D eigenvalue weighted by molar-refractivity contribution is 5.92. The first-order valence-corrected chi connectivity index (χ1v) is 9.88. The number of aryl methyl sites for hydroxylation is 1. The molecule has 5 heteroatoms. The average molecular weight is 330 g/mol. The smallest absolute Gasteiger partial charge is 0.272 e. The topological polar surface area (TPSA) is 50.2 Å². The molecular weight excluding hydrogens is 300 g/mol. The lowest BCUT2D eigenvalue weighted by Gasteiger charge is -2.30. The summed E-state index contributed by atoms with van der Waals surface area (Å²) in [6, 6.07) is 0.486. The molecule has 5 nitrogen and oxygen atoms in total. The molecular formula is C19H30N4O. The van der Waals surface area contributed by atoms with Gasteiger partial charge < -0.3 is 14.8 Å². The second kappa shape index (κ2) is 7.26. The van der Waals surface area contributed by atoms with E-state index in [0.717, 1.165) is 69.3 Å². The average Bonchev–Trinajstić information content (AvgIpc) is 3.29. The number of nitrogens with zero attached hydrogens (tertiary/aromatic N) is 3. The van der Waals surface area contributed by atoms with Crippen molar-refractivity contribution in [2.24, 2.45) is 5.92 Å². The van der Waals surface area contributed by atoms with Gasteiger partial charge in [-0.1, -0.05) is 12.8 Å². The Morgan fingerprint density at radius 3 is 2.71 bits per heavy atom. The molecule has 1 aromatic heterocycles. The quantitative estimate of drug-likeness (QED) is 0.923. The predicted octanol–water partition coefficient (Wildman–Crippen LogP) is 2.60. The highest BCUT2D eigenvalue weighted by Crippen LogP contribution is 2.25. The molecule has 0 radical (unpaired) electrons. The first kappa shape index (κ1) is 16.1. The monoisotopic (exact) mass is 330 g/mol. The van der Waals surface area contributed by atoms with Gasteiger partial charge >= 0.3 is 0 Å². The number of fused-ring (bicyclic) bond motifs is 1. The molecule has 3 aliphatic rings. The van der Waals surface area contributed by atoms with E-state index in [2.05, 4.69) is 14.9 Å². The van der Waals surface area contributed by atoms with E-state index in [0.29, 0.717) is 6.04 Å². The van der Waals surface area contributed by atoms with Gasteiger partial charge in [-0.2, -0.15) is 0 Å². The van der Waals surface area contributed by atoms with E-state index in [1.165, 1.54) is 32.1 Å². The zero-order chi connectivity index (χ0) is 16.4. The number of nitrogens with one attached hydrogen (secondary N) is 1. The number of aromatic nitrogens is 2. The van der Waals surface area contributed by atoms with Crippen molar-refractivity contribution in [2.45, 2.75) is 70.4 Å². The van der Waals surface area contributed by atoms with Crippen LogP contribution < -0.4 is 5.32 Å². The third-order valence-corrected chi connectivity index (χ3v) is 6.09. The van der Waals surface area contributed by atoms with Crippen LogP contribution in [0.5, 0.6) is 0 Å². The first-order chi connectivity index (χ1) is 11.8. The number of amides is 1. The Kier molecular flexibility index (Phi) is 4.88. The molecule has 132 valence electrons. The van der Waals surface area contributed by atoms with Crippen LogP contribution in [0.3, 0.4) is 0 Å². The molecule has 24 heavy (non-hydrogen) atoms. The fourth-order valence-electron chi connectivity index (χ4n) is 4.58. The lowest BCUT2D eigenvalue weighted by Crippen LogP contribution is -2.42. The maximum Gasteiger partial charge on any atom is 0.272 e. The number of rotatable bonds is 4. The number of hydrogen-bond acceptors (Lipinski definition) is 3. The molecule has 0 aromatic carbocycles. The minimum absolute atomic E-state index is 0.185. The summed E-state index contributed by atoms with van der Waals surface area (Å²) in [5, 5.41) is 3.77. The SMILES string of the molecule is O=C(c1cnc2n1C[C@H](NCC1CCCC1)CC2)N1CCCCC1. The molecule has 1 aliphatic carbocycles. The fraction of sp³-hybridized carbons (Fsp3) is 0.789. The van der Waals surface area contributed by atoms with Crippen molar-refractivity contribution < 1.29 is 4.79 Å². The van der Waals surface area contributed by atoms with Crippen LogP contribution >= 0.6 is 0 Å². The molecule has 1 saturated carbocycles. The van der Waals surface area contributed by atoms with Crippen molar-refractivity contribution in [1.82, 2.24) is 19.8 Å². The normalized spacial score (nSPS) is 25.0. The van der Waals surface area contributed by atoms with Crippen molar-refractivity contribution in [1.29, 1.82) is 0 Å². The van der Waals surface area contributed by atoms with E-state index >= 15 is 0 Å². The molecule has 1 amide bonds. The molecule has 1 N–H and O–H groups in total. The number of imidazole rings is 1. The molecule has 0 bridgehead atoms. The summed E-state index contributed by atoms with van der Waals surface area (Å²) in [6.07, 6.45) is 13.0. The van der Waals surface area contributed by atoms with Crippen LogP contribution in [-0.4, -0.2) is 46.0 Å². The lowest BCUT2D eigenvalue weighted by molar-refractivity contribution is 0.0711. The van der Waals surface area contributed by atoms with Crippen molar-refractivity contribution in [3.8, 4) is 0 Å². The Balaban J connectivity index is 1.40. The van der Waals surface area contributed by atoms with Gasteiger partial charge in [0.15, 0.2) is 0 Å². The van der Waals surface area contributed by atoms with Gasteiger partial charge in [0, 0.05) is 32.1 Å². The molecule has 0 spiro atoms. The van der Waals surface area contributed by atoms with E-state index in [4.69, 9.17) is 0 Å². The molecule has 1 aromatic rings. The minimum atomic E-state index is 0.185. The van der Waals surface area contributed by atoms with Gasteiger partial charge in [0.1, 0.15) is 11.5 Å². The fourth-order valence-corrected chi connectivity index (χ4v) is 4.58. The summed E-state index contributed by atoms with van der Waals surface area (Å²) < 4.78 is 2.19. The summed E-state index contributed by atoms with van der Waals surface area (Å²) in [7, 11) is 0. The molecule has 2 fully saturated rings. The summed E-state index contributed by atoms with van der Waals surface area (Å²) in [6.45, 7) is 3.85. The molecule has 2 aliphatic heterocycles. The van der Waals surface area contributed by atoms with Crippen LogP contribution in [-0.2, 0) is 13.0 Å². The number of carbonyl (C=O) groups excluding carboxylic acids is 1. The van der Waals surface area contributed by atoms with Crippen molar-refractivity contribution in [3.63, 3.8) is 0 Å². The van der Waals surface area contributed by atoms with Gasteiger partial charge in [0.2, 0.25) is 0 Å². The zero-order valence-corrected chi connectivity index (χ0v) is 14.7. The van der Waals surface area contributed by atoms with Crippen LogP contribution in [0.2, 0.25) is 0 Å². The zero-order valence-electron chi connectivity index (χ0n) is 14.7. The number of carbonyl (C=O) groups is 1. The molecule has 0 unspecified atom stereocenters. The van der Waals surface area contributed by atoms with Gasteiger partial charge in [-0.3, -0.25) is 4.79 Å². The highest BCUT2D eigenvalue weighted by Gasteiger charge is 2.27. The van der Waals surface area contributed by atoms with Crippen molar-refractivity contribution in [2.75, 3.05) is 19.6 Å². The first-order valence-electron chi connectivity index (χ1n) is 9.88. The minimum Gasteiger partial charge on any atom is -0.337 e. The second-order valence-electron chi connectivity index (χ2n) is 7.82. The van der Waals surface area contributed by atoms with E-state index in [1.54, 1.807) is 0 Å². The third kappa shape index (κ3) is 3.37. The third-order valence-electron chi connectivity index (χ3n) is 6.09. The second-order valence-corrected chi connectivity index (χ2v) is 7.82. The number of piperidine rings is 1. The summed E-state index contributed by atoms with van der Waals surface area (Å²) in [4.78, 5) is 19.4. The van der Waals surface area contributed by atoms with Gasteiger partial charge in [0.25, 0.3) is 5.91 Å². The van der Waals surface area contributed by atoms with Crippen LogP contribution in [0.15, 0.2) is 6.20 Å². The Morgan fingerprint density at radius 1 is 1.12 bits per heavy atom. The molecule has 1 atom stereocenters. The van der Waals surface area contributed by atoms with Crippen molar-refractivity contribution >= 4 is 5.91 Å². The molecule has 3 heterocycles. The highest BCUT2D eigenvalue weighted by atomic mass is 16.2. The molecule has 1 saturated heterocycles. The van der Waals surface area contributed by atoms with E-state index in [-0.39, 0.29) is 5.91 Å². The largest absolute Gasteiger partial charge is 0.337 e. The van der Waals surface area contributed by atoms with Crippen LogP contribution in [0.1, 0.15) is 67.7 Å². The van der Waals surface area contributed by atoms with E-state index in [9.17, 15) is 4.79 Å². The van der Waals surface area contributed by atoms with Gasteiger partial charge in [-0.05, 0) is 51.0 Å². The van der Waals surface area contributed by atoms with Gasteiger partial charge in [0.05, 0.1) is 6.20 Å². The predicted molar refractivity (Wildman–Crippen MR) is 94.1 cm³/mol. The standard InChI is InChI=1S/C19H30N4O/c24-19(22-10-4-1-5-11-22)17-13-21-18-9-8-16(14-23(17)18)20-12-15-6-2-3-7-15/h13,15-16,20H,1-12,14H2/t16-/m1/s1. The number of hydrogen-bond donors (Lipinski definition) is 1. The Hall–Kier alpha value is -1.36. The van der Waals surface area contributed by atoms with Crippen LogP contribution in [0.4, 0.5) is 0 Å². The van der Waals surface area contributed by atoms with E-state index < -0.39 is 0 Å². The maximum atomic E-state index is 12.9. The van der Waals surface area contributed by atoms with Gasteiger partial charge in [-0.25, -0.2) is 4.98 Å². The van der Waals surface area contributed by atoms with Crippen LogP contribution in [0, 0.1) is 5.92 Å².